The van der Waals surface area contributed by atoms with Crippen LogP contribution in [0.15, 0.2) is 30.3 Å². The quantitative estimate of drug-likeness (QED) is 0.640. The molecule has 2 aromatic carbocycles. The first-order valence-corrected chi connectivity index (χ1v) is 9.93. The maximum atomic E-state index is 9.84. The smallest absolute Gasteiger partial charge is 0.231 e. The van der Waals surface area contributed by atoms with E-state index in [1.807, 2.05) is 24.3 Å². The second-order valence-corrected chi connectivity index (χ2v) is 7.61. The molecule has 0 saturated carbocycles. The van der Waals surface area contributed by atoms with Crippen molar-refractivity contribution in [2.24, 2.45) is 0 Å². The number of nitrogens with two attached hydrogens (primary N) is 1. The van der Waals surface area contributed by atoms with Crippen LogP contribution in [0.2, 0.25) is 0 Å². The third-order valence-corrected chi connectivity index (χ3v) is 5.73. The number of rotatable bonds is 3. The van der Waals surface area contributed by atoms with Gasteiger partial charge in [0.25, 0.3) is 0 Å². The van der Waals surface area contributed by atoms with Crippen LogP contribution < -0.4 is 20.1 Å². The molecule has 3 N–H and O–H groups in total. The number of aliphatic hydroxyl groups excluding tert-OH is 1. The molecule has 0 unspecified atom stereocenters. The van der Waals surface area contributed by atoms with Crippen molar-refractivity contribution in [2.45, 2.75) is 25.4 Å². The summed E-state index contributed by atoms with van der Waals surface area (Å²) >= 11 is 0. The van der Waals surface area contributed by atoms with E-state index in [2.05, 4.69) is 21.2 Å². The summed E-state index contributed by atoms with van der Waals surface area (Å²) in [6.45, 7) is 1.62. The van der Waals surface area contributed by atoms with Crippen LogP contribution in [0.25, 0.3) is 10.8 Å². The molecule has 30 heavy (non-hydrogen) atoms. The first kappa shape index (κ1) is 18.5. The Kier molecular flexibility index (Phi) is 4.52. The average Bonchev–Trinajstić information content (AvgIpc) is 3.23. The predicted molar refractivity (Wildman–Crippen MR) is 111 cm³/mol. The van der Waals surface area contributed by atoms with Gasteiger partial charge in [0.2, 0.25) is 6.79 Å². The highest BCUT2D eigenvalue weighted by Gasteiger charge is 2.23. The van der Waals surface area contributed by atoms with Crippen molar-refractivity contribution >= 4 is 22.3 Å². The van der Waals surface area contributed by atoms with E-state index in [-0.39, 0.29) is 12.9 Å². The molecule has 0 atom stereocenters. The highest BCUT2D eigenvalue weighted by molar-refractivity contribution is 6.02. The largest absolute Gasteiger partial charge is 0.454 e. The van der Waals surface area contributed by atoms with Crippen LogP contribution in [0.3, 0.4) is 0 Å². The third kappa shape index (κ3) is 3.13. The molecule has 1 fully saturated rings. The molecule has 0 spiro atoms. The molecule has 0 aliphatic carbocycles. The molecule has 3 heterocycles. The highest BCUT2D eigenvalue weighted by Crippen LogP contribution is 2.36. The van der Waals surface area contributed by atoms with Gasteiger partial charge in [-0.2, -0.15) is 10.4 Å². The summed E-state index contributed by atoms with van der Waals surface area (Å²) in [6.07, 6.45) is 1.60. The molecule has 152 valence electrons. The number of aromatic nitrogens is 2. The van der Waals surface area contributed by atoms with Gasteiger partial charge in [-0.25, -0.2) is 0 Å². The normalized spacial score (nSPS) is 16.1. The van der Waals surface area contributed by atoms with Crippen molar-refractivity contribution in [1.82, 2.24) is 10.2 Å². The number of nitrogen functional groups attached to an aromatic ring is 1. The topological polar surface area (TPSA) is 118 Å². The lowest BCUT2D eigenvalue weighted by Crippen LogP contribution is -2.36. The fraction of sp³-hybridized carbons (Fsp3) is 0.318. The Bertz CT molecular complexity index is 1170. The van der Waals surface area contributed by atoms with E-state index >= 15 is 0 Å². The number of nitrogens with zero attached hydrogens (tertiary/aromatic N) is 4. The molecular weight excluding hydrogens is 382 g/mol. The van der Waals surface area contributed by atoms with Crippen LogP contribution in [-0.2, 0) is 6.42 Å². The number of ether oxygens (including phenoxy) is 2. The third-order valence-electron chi connectivity index (χ3n) is 5.73. The molecular formula is C22H21N5O3. The van der Waals surface area contributed by atoms with Crippen LogP contribution in [-0.4, -0.2) is 41.3 Å². The molecule has 2 aliphatic heterocycles. The Balaban J connectivity index is 1.60. The molecule has 3 aromatic rings. The van der Waals surface area contributed by atoms with Gasteiger partial charge in [0.05, 0.1) is 23.0 Å². The molecule has 5 rings (SSSR count). The zero-order valence-corrected chi connectivity index (χ0v) is 16.3. The van der Waals surface area contributed by atoms with Crippen LogP contribution in [0.1, 0.15) is 29.7 Å². The van der Waals surface area contributed by atoms with E-state index in [0.29, 0.717) is 55.0 Å². The van der Waals surface area contributed by atoms with Crippen molar-refractivity contribution in [3.63, 3.8) is 0 Å². The molecule has 0 bridgehead atoms. The van der Waals surface area contributed by atoms with E-state index in [9.17, 15) is 10.4 Å². The minimum absolute atomic E-state index is 0.221. The first-order valence-electron chi connectivity index (χ1n) is 9.93. The summed E-state index contributed by atoms with van der Waals surface area (Å²) in [7, 11) is 0. The van der Waals surface area contributed by atoms with Gasteiger partial charge in [-0.15, -0.1) is 5.10 Å². The Morgan fingerprint density at radius 1 is 1.13 bits per heavy atom. The van der Waals surface area contributed by atoms with Gasteiger partial charge in [0.1, 0.15) is 6.07 Å². The maximum absolute atomic E-state index is 9.84. The van der Waals surface area contributed by atoms with Gasteiger partial charge in [-0.05, 0) is 42.7 Å². The molecule has 8 nitrogen and oxygen atoms in total. The summed E-state index contributed by atoms with van der Waals surface area (Å²) in [5, 5.41) is 30.0. The first-order chi connectivity index (χ1) is 14.6. The van der Waals surface area contributed by atoms with Gasteiger partial charge in [0, 0.05) is 30.3 Å². The predicted octanol–water partition coefficient (Wildman–Crippen LogP) is 2.36. The SMILES string of the molecule is N#Cc1ccc2c(N3CCC(O)CC3)nnc(Cc3ccc4c(c3)OCO4)c2c1N. The van der Waals surface area contributed by atoms with Crippen LogP contribution in [0.4, 0.5) is 11.5 Å². The second kappa shape index (κ2) is 7.35. The van der Waals surface area contributed by atoms with E-state index in [0.717, 1.165) is 27.9 Å². The molecule has 8 heteroatoms. The van der Waals surface area contributed by atoms with Crippen LogP contribution >= 0.6 is 0 Å². The number of benzene rings is 2. The lowest BCUT2D eigenvalue weighted by atomic mass is 9.99. The Morgan fingerprint density at radius 2 is 1.93 bits per heavy atom. The average molecular weight is 403 g/mol. The standard InChI is InChI=1S/C22H21N5O3/c23-11-14-2-3-16-20(21(14)24)17(9-13-1-4-18-19(10-13)30-12-29-18)25-26-22(16)27-7-5-15(28)6-8-27/h1-4,10,15,28H,5-9,12,24H2. The Hall–Kier alpha value is -3.57. The number of fused-ring (bicyclic) bond motifs is 2. The van der Waals surface area contributed by atoms with E-state index in [1.54, 1.807) is 6.07 Å². The number of hydrogen-bond acceptors (Lipinski definition) is 8. The number of nitriles is 1. The fourth-order valence-electron chi connectivity index (χ4n) is 4.11. The maximum Gasteiger partial charge on any atom is 0.231 e. The number of hydrogen-bond donors (Lipinski definition) is 2. The lowest BCUT2D eigenvalue weighted by Gasteiger charge is -2.31. The molecule has 0 radical (unpaired) electrons. The minimum atomic E-state index is -0.277. The van der Waals surface area contributed by atoms with Gasteiger partial charge < -0.3 is 25.2 Å². The van der Waals surface area contributed by atoms with Crippen LogP contribution in [0.5, 0.6) is 11.5 Å². The van der Waals surface area contributed by atoms with Gasteiger partial charge in [-0.1, -0.05) is 6.07 Å². The van der Waals surface area contributed by atoms with Crippen molar-refractivity contribution in [2.75, 3.05) is 30.5 Å². The monoisotopic (exact) mass is 403 g/mol. The van der Waals surface area contributed by atoms with Crippen molar-refractivity contribution < 1.29 is 14.6 Å². The van der Waals surface area contributed by atoms with Crippen molar-refractivity contribution in [3.8, 4) is 17.6 Å². The number of aliphatic hydroxyl groups is 1. The second-order valence-electron chi connectivity index (χ2n) is 7.61. The summed E-state index contributed by atoms with van der Waals surface area (Å²) in [6, 6.07) is 11.6. The minimum Gasteiger partial charge on any atom is -0.454 e. The summed E-state index contributed by atoms with van der Waals surface area (Å²) in [5.74, 6) is 2.17. The van der Waals surface area contributed by atoms with E-state index < -0.39 is 0 Å². The molecule has 1 saturated heterocycles. The van der Waals surface area contributed by atoms with E-state index in [1.165, 1.54) is 0 Å². The van der Waals surface area contributed by atoms with Gasteiger partial charge >= 0.3 is 0 Å². The zero-order chi connectivity index (χ0) is 20.7. The molecule has 2 aliphatic rings. The summed E-state index contributed by atoms with van der Waals surface area (Å²) in [4.78, 5) is 2.12. The lowest BCUT2D eigenvalue weighted by molar-refractivity contribution is 0.145. The van der Waals surface area contributed by atoms with Crippen LogP contribution in [0, 0.1) is 11.3 Å². The van der Waals surface area contributed by atoms with Gasteiger partial charge in [0.15, 0.2) is 17.3 Å². The highest BCUT2D eigenvalue weighted by atomic mass is 16.7. The fourth-order valence-corrected chi connectivity index (χ4v) is 4.11. The Morgan fingerprint density at radius 3 is 2.73 bits per heavy atom. The number of piperidine rings is 1. The van der Waals surface area contributed by atoms with Crippen molar-refractivity contribution in [1.29, 1.82) is 5.26 Å². The number of anilines is 2. The Labute approximate surface area is 173 Å². The van der Waals surface area contributed by atoms with Crippen molar-refractivity contribution in [3.05, 3.63) is 47.2 Å². The summed E-state index contributed by atoms with van der Waals surface area (Å²) in [5.41, 5.74) is 8.93. The zero-order valence-electron chi connectivity index (χ0n) is 16.3. The molecule has 0 amide bonds. The van der Waals surface area contributed by atoms with E-state index in [4.69, 9.17) is 15.2 Å². The summed E-state index contributed by atoms with van der Waals surface area (Å²) < 4.78 is 10.9. The van der Waals surface area contributed by atoms with Gasteiger partial charge in [-0.3, -0.25) is 0 Å². The molecule has 1 aromatic heterocycles.